The third kappa shape index (κ3) is 3.52. The molecular formula is C19H23N5O3. The van der Waals surface area contributed by atoms with Crippen LogP contribution in [0, 0.1) is 0 Å². The molecule has 1 aromatic heterocycles. The summed E-state index contributed by atoms with van der Waals surface area (Å²) in [5, 5.41) is 0. The van der Waals surface area contributed by atoms with E-state index >= 15 is 0 Å². The minimum atomic E-state index is -0.256. The number of hydrogen-bond donors (Lipinski definition) is 2. The van der Waals surface area contributed by atoms with Gasteiger partial charge in [-0.2, -0.15) is 0 Å². The lowest BCUT2D eigenvalue weighted by Gasteiger charge is -2.25. The van der Waals surface area contributed by atoms with Gasteiger partial charge in [0.2, 0.25) is 11.9 Å². The highest BCUT2D eigenvalue weighted by atomic mass is 16.5. The number of nitrogens with two attached hydrogens (primary N) is 1. The number of aromatic amines is 1. The number of carbonyl (C=O) groups excluding carboxylic acids is 1. The van der Waals surface area contributed by atoms with Gasteiger partial charge >= 0.3 is 0 Å². The maximum absolute atomic E-state index is 13.0. The number of fused-ring (bicyclic) bond motifs is 1. The van der Waals surface area contributed by atoms with Crippen molar-refractivity contribution in [1.29, 1.82) is 0 Å². The van der Waals surface area contributed by atoms with E-state index in [2.05, 4.69) is 14.9 Å². The number of para-hydroxylation sites is 1. The predicted molar refractivity (Wildman–Crippen MR) is 100 cm³/mol. The number of hydrogen-bond acceptors (Lipinski definition) is 6. The molecule has 0 spiro atoms. The van der Waals surface area contributed by atoms with Gasteiger partial charge in [-0.3, -0.25) is 19.5 Å². The minimum Gasteiger partial charge on any atom is -0.492 e. The van der Waals surface area contributed by atoms with Crippen LogP contribution in [0.2, 0.25) is 0 Å². The monoisotopic (exact) mass is 369 g/mol. The van der Waals surface area contributed by atoms with Gasteiger partial charge in [-0.1, -0.05) is 18.2 Å². The zero-order chi connectivity index (χ0) is 19.0. The van der Waals surface area contributed by atoms with Crippen LogP contribution < -0.4 is 16.0 Å². The Kier molecular flexibility index (Phi) is 4.57. The van der Waals surface area contributed by atoms with Gasteiger partial charge in [0.05, 0.1) is 5.69 Å². The number of rotatable bonds is 4. The Balaban J connectivity index is 1.40. The Bertz CT molecular complexity index is 912. The molecule has 2 atom stereocenters. The molecule has 2 aliphatic heterocycles. The van der Waals surface area contributed by atoms with Crippen LogP contribution in [0.1, 0.15) is 23.6 Å². The quantitative estimate of drug-likeness (QED) is 0.816. The van der Waals surface area contributed by atoms with E-state index in [0.717, 1.165) is 24.3 Å². The largest absolute Gasteiger partial charge is 0.492 e. The summed E-state index contributed by atoms with van der Waals surface area (Å²) in [5.41, 5.74) is 6.95. The topological polar surface area (TPSA) is 105 Å². The van der Waals surface area contributed by atoms with Crippen molar-refractivity contribution < 1.29 is 9.53 Å². The van der Waals surface area contributed by atoms with E-state index in [1.54, 1.807) is 0 Å². The van der Waals surface area contributed by atoms with Crippen LogP contribution in [-0.4, -0.2) is 58.5 Å². The maximum atomic E-state index is 13.0. The number of carbonyl (C=O) groups is 1. The highest BCUT2D eigenvalue weighted by molar-refractivity contribution is 5.85. The number of H-pyrrole nitrogens is 1. The predicted octanol–water partition coefficient (Wildman–Crippen LogP) is 0.561. The van der Waals surface area contributed by atoms with Crippen LogP contribution in [0.25, 0.3) is 0 Å². The van der Waals surface area contributed by atoms with Crippen LogP contribution in [-0.2, 0) is 11.3 Å². The molecule has 1 saturated heterocycles. The Hall–Kier alpha value is -2.87. The first-order valence-corrected chi connectivity index (χ1v) is 9.07. The van der Waals surface area contributed by atoms with Crippen molar-refractivity contribution in [2.75, 3.05) is 32.5 Å². The summed E-state index contributed by atoms with van der Waals surface area (Å²) in [6.07, 6.45) is 0.885. The van der Waals surface area contributed by atoms with Gasteiger partial charge in [-0.05, 0) is 19.5 Å². The number of aromatic nitrogens is 2. The molecule has 1 aromatic carbocycles. The van der Waals surface area contributed by atoms with E-state index in [1.165, 1.54) is 6.07 Å². The molecule has 1 fully saturated rings. The molecule has 2 aliphatic rings. The highest BCUT2D eigenvalue weighted by Gasteiger charge is 2.37. The average Bonchev–Trinajstić information content (AvgIpc) is 3.28. The summed E-state index contributed by atoms with van der Waals surface area (Å²) in [6.45, 7) is 2.30. The summed E-state index contributed by atoms with van der Waals surface area (Å²) < 4.78 is 5.66. The Morgan fingerprint density at radius 1 is 1.44 bits per heavy atom. The molecule has 0 saturated carbocycles. The second kappa shape index (κ2) is 7.03. The zero-order valence-corrected chi connectivity index (χ0v) is 15.2. The van der Waals surface area contributed by atoms with Crippen LogP contribution in [0.3, 0.4) is 0 Å². The van der Waals surface area contributed by atoms with Gasteiger partial charge in [0.25, 0.3) is 5.56 Å². The van der Waals surface area contributed by atoms with Crippen molar-refractivity contribution in [3.8, 4) is 5.75 Å². The van der Waals surface area contributed by atoms with Gasteiger partial charge in [-0.25, -0.2) is 4.98 Å². The van der Waals surface area contributed by atoms with Gasteiger partial charge in [0.15, 0.2) is 0 Å². The summed E-state index contributed by atoms with van der Waals surface area (Å²) in [6, 6.07) is 9.40. The molecule has 3 heterocycles. The van der Waals surface area contributed by atoms with Crippen LogP contribution in [0.5, 0.6) is 5.75 Å². The molecule has 0 bridgehead atoms. The minimum absolute atomic E-state index is 0.119. The van der Waals surface area contributed by atoms with E-state index in [-0.39, 0.29) is 29.4 Å². The van der Waals surface area contributed by atoms with Crippen LogP contribution in [0.15, 0.2) is 35.1 Å². The molecule has 2 aromatic rings. The Morgan fingerprint density at radius 2 is 2.26 bits per heavy atom. The molecule has 0 aliphatic carbocycles. The first kappa shape index (κ1) is 17.5. The third-order valence-electron chi connectivity index (χ3n) is 5.32. The molecule has 27 heavy (non-hydrogen) atoms. The number of amides is 1. The zero-order valence-electron chi connectivity index (χ0n) is 15.2. The van der Waals surface area contributed by atoms with Crippen molar-refractivity contribution >= 4 is 11.9 Å². The maximum Gasteiger partial charge on any atom is 0.252 e. The molecule has 8 heteroatoms. The second-order valence-electron chi connectivity index (χ2n) is 7.17. The number of benzene rings is 1. The number of nitrogens with zero attached hydrogens (tertiary/aromatic N) is 3. The van der Waals surface area contributed by atoms with Gasteiger partial charge in [0.1, 0.15) is 18.3 Å². The molecule has 8 nitrogen and oxygen atoms in total. The van der Waals surface area contributed by atoms with Crippen LogP contribution in [0.4, 0.5) is 5.95 Å². The van der Waals surface area contributed by atoms with E-state index < -0.39 is 0 Å². The molecule has 0 unspecified atom stereocenters. The Labute approximate surface area is 156 Å². The molecule has 1 amide bonds. The molecular weight excluding hydrogens is 346 g/mol. The van der Waals surface area contributed by atoms with Gasteiger partial charge in [-0.15, -0.1) is 0 Å². The Morgan fingerprint density at radius 3 is 3.07 bits per heavy atom. The fraction of sp³-hybridized carbons (Fsp3) is 0.421. The van der Waals surface area contributed by atoms with Crippen molar-refractivity contribution in [2.45, 2.75) is 24.9 Å². The standard InChI is InChI=1S/C19H23N5O3/c1-23(9-12-8-17(25)22-19(20)21-12)13-6-7-24(10-13)18(26)15-11-27-16-5-3-2-4-14(15)16/h2-5,8,13,15H,6-7,9-11H2,1H3,(H3,20,21,22,25)/t13-,15+/m1/s1. The average molecular weight is 369 g/mol. The number of likely N-dealkylation sites (N-methyl/N-ethyl adjacent to an activating group) is 1. The molecule has 3 N–H and O–H groups in total. The lowest BCUT2D eigenvalue weighted by molar-refractivity contribution is -0.132. The SMILES string of the molecule is CN(Cc1cc(=O)[nH]c(N)n1)[C@@H]1CCN(C(=O)[C@H]2COc3ccccc32)C1. The number of ether oxygens (including phenoxy) is 1. The first-order valence-electron chi connectivity index (χ1n) is 9.07. The van der Waals surface area contributed by atoms with E-state index in [9.17, 15) is 9.59 Å². The summed E-state index contributed by atoms with van der Waals surface area (Å²) in [5.74, 6) is 0.824. The number of nitrogen functional groups attached to an aromatic ring is 1. The molecule has 4 rings (SSSR count). The van der Waals surface area contributed by atoms with Crippen molar-refractivity contribution in [2.24, 2.45) is 0 Å². The number of nitrogens with one attached hydrogen (secondary N) is 1. The van der Waals surface area contributed by atoms with Crippen molar-refractivity contribution in [1.82, 2.24) is 19.8 Å². The van der Waals surface area contributed by atoms with E-state index in [1.807, 2.05) is 36.2 Å². The van der Waals surface area contributed by atoms with Crippen molar-refractivity contribution in [3.05, 3.63) is 51.9 Å². The van der Waals surface area contributed by atoms with E-state index in [4.69, 9.17) is 10.5 Å². The number of anilines is 1. The number of likely N-dealkylation sites (tertiary alicyclic amines) is 1. The van der Waals surface area contributed by atoms with Crippen molar-refractivity contribution in [3.63, 3.8) is 0 Å². The highest BCUT2D eigenvalue weighted by Crippen LogP contribution is 2.35. The van der Waals surface area contributed by atoms with Gasteiger partial charge < -0.3 is 15.4 Å². The van der Waals surface area contributed by atoms with Crippen LogP contribution >= 0.6 is 0 Å². The summed E-state index contributed by atoms with van der Waals surface area (Å²) in [7, 11) is 1.98. The fourth-order valence-corrected chi connectivity index (χ4v) is 3.88. The molecule has 0 radical (unpaired) electrons. The van der Waals surface area contributed by atoms with Gasteiger partial charge in [0, 0.05) is 37.3 Å². The first-order chi connectivity index (χ1) is 13.0. The summed E-state index contributed by atoms with van der Waals surface area (Å²) in [4.78, 5) is 35.2. The summed E-state index contributed by atoms with van der Waals surface area (Å²) >= 11 is 0. The fourth-order valence-electron chi connectivity index (χ4n) is 3.88. The molecule has 142 valence electrons. The lowest BCUT2D eigenvalue weighted by atomic mass is 10.00. The van der Waals surface area contributed by atoms with E-state index in [0.29, 0.717) is 25.4 Å². The smallest absolute Gasteiger partial charge is 0.252 e. The third-order valence-corrected chi connectivity index (χ3v) is 5.32. The second-order valence-corrected chi connectivity index (χ2v) is 7.17. The normalized spacial score (nSPS) is 21.3. The lowest BCUT2D eigenvalue weighted by Crippen LogP contribution is -2.38.